The molecule has 4 heteroatoms. The molecule has 96 valence electrons. The Morgan fingerprint density at radius 1 is 1.28 bits per heavy atom. The molecule has 0 saturated carbocycles. The number of nitrogens with one attached hydrogen (secondary N) is 1. The van der Waals surface area contributed by atoms with Crippen molar-refractivity contribution in [3.05, 3.63) is 42.5 Å². The molecule has 0 spiro atoms. The Hall–Kier alpha value is -1.97. The first-order valence-corrected chi connectivity index (χ1v) is 6.12. The average Bonchev–Trinajstić information content (AvgIpc) is 2.85. The van der Waals surface area contributed by atoms with Crippen molar-refractivity contribution in [2.45, 2.75) is 26.5 Å². The van der Waals surface area contributed by atoms with E-state index in [2.05, 4.69) is 28.7 Å². The molecule has 2 aromatic rings. The summed E-state index contributed by atoms with van der Waals surface area (Å²) in [5.41, 5.74) is 2.16. The second-order valence-electron chi connectivity index (χ2n) is 4.45. The van der Waals surface area contributed by atoms with Crippen LogP contribution in [0.25, 0.3) is 0 Å². The fourth-order valence-corrected chi connectivity index (χ4v) is 1.78. The third-order valence-electron chi connectivity index (χ3n) is 2.83. The van der Waals surface area contributed by atoms with Gasteiger partial charge in [0.15, 0.2) is 0 Å². The van der Waals surface area contributed by atoms with E-state index >= 15 is 0 Å². The molecule has 0 amide bonds. The van der Waals surface area contributed by atoms with Crippen molar-refractivity contribution in [1.29, 1.82) is 0 Å². The first-order valence-electron chi connectivity index (χ1n) is 6.12. The normalized spacial score (nSPS) is 10.7. The fourth-order valence-electron chi connectivity index (χ4n) is 1.78. The van der Waals surface area contributed by atoms with Gasteiger partial charge in [-0.05, 0) is 38.1 Å². The topological polar surface area (TPSA) is 39.1 Å². The molecule has 0 aliphatic heterocycles. The molecular weight excluding hydrogens is 226 g/mol. The van der Waals surface area contributed by atoms with Crippen LogP contribution in [0.15, 0.2) is 36.8 Å². The van der Waals surface area contributed by atoms with Gasteiger partial charge in [0.05, 0.1) is 18.2 Å². The van der Waals surface area contributed by atoms with Crippen LogP contribution in [0.4, 0.5) is 5.69 Å². The van der Waals surface area contributed by atoms with Crippen molar-refractivity contribution in [2.75, 3.05) is 12.4 Å². The lowest BCUT2D eigenvalue weighted by Crippen LogP contribution is -2.07. The zero-order chi connectivity index (χ0) is 13.0. The number of hydrogen-bond acceptors (Lipinski definition) is 3. The van der Waals surface area contributed by atoms with Gasteiger partial charge >= 0.3 is 0 Å². The van der Waals surface area contributed by atoms with Crippen molar-refractivity contribution in [3.8, 4) is 5.75 Å². The number of hydrogen-bond donors (Lipinski definition) is 1. The summed E-state index contributed by atoms with van der Waals surface area (Å²) in [5, 5.41) is 3.08. The third kappa shape index (κ3) is 2.83. The molecule has 0 fully saturated rings. The van der Waals surface area contributed by atoms with Crippen molar-refractivity contribution in [3.63, 3.8) is 0 Å². The first kappa shape index (κ1) is 12.5. The number of rotatable bonds is 5. The Kier molecular flexibility index (Phi) is 3.87. The summed E-state index contributed by atoms with van der Waals surface area (Å²) in [7, 11) is 1.90. The Labute approximate surface area is 108 Å². The van der Waals surface area contributed by atoms with Crippen molar-refractivity contribution in [1.82, 2.24) is 9.55 Å². The SMILES string of the molecule is CNc1ccc(OCc2cncn2C(C)C)cc1. The lowest BCUT2D eigenvalue weighted by molar-refractivity contribution is 0.292. The van der Waals surface area contributed by atoms with Gasteiger partial charge in [-0.2, -0.15) is 0 Å². The second-order valence-corrected chi connectivity index (χ2v) is 4.45. The molecule has 4 nitrogen and oxygen atoms in total. The van der Waals surface area contributed by atoms with E-state index in [-0.39, 0.29) is 0 Å². The first-order chi connectivity index (χ1) is 8.70. The second kappa shape index (κ2) is 5.58. The molecule has 0 saturated heterocycles. The van der Waals surface area contributed by atoms with Crippen molar-refractivity contribution >= 4 is 5.69 Å². The molecular formula is C14H19N3O. The largest absolute Gasteiger partial charge is 0.487 e. The van der Waals surface area contributed by atoms with Gasteiger partial charge in [0, 0.05) is 18.8 Å². The van der Waals surface area contributed by atoms with Crippen LogP contribution in [-0.4, -0.2) is 16.6 Å². The van der Waals surface area contributed by atoms with E-state index < -0.39 is 0 Å². The van der Waals surface area contributed by atoms with Gasteiger partial charge in [-0.3, -0.25) is 0 Å². The maximum atomic E-state index is 5.75. The van der Waals surface area contributed by atoms with Gasteiger partial charge < -0.3 is 14.6 Å². The van der Waals surface area contributed by atoms with E-state index in [4.69, 9.17) is 4.74 Å². The Bertz CT molecular complexity index is 488. The molecule has 0 bridgehead atoms. The molecule has 0 atom stereocenters. The van der Waals surface area contributed by atoms with E-state index in [1.54, 1.807) is 0 Å². The number of imidazole rings is 1. The molecule has 1 aromatic heterocycles. The summed E-state index contributed by atoms with van der Waals surface area (Å²) in [6.45, 7) is 4.80. The minimum atomic E-state index is 0.401. The van der Waals surface area contributed by atoms with E-state index in [0.717, 1.165) is 17.1 Å². The number of anilines is 1. The summed E-state index contributed by atoms with van der Waals surface area (Å²) in [6, 6.07) is 8.31. The highest BCUT2D eigenvalue weighted by atomic mass is 16.5. The van der Waals surface area contributed by atoms with Gasteiger partial charge in [0.25, 0.3) is 0 Å². The number of aromatic nitrogens is 2. The van der Waals surface area contributed by atoms with Gasteiger partial charge in [-0.1, -0.05) is 0 Å². The van der Waals surface area contributed by atoms with Crippen LogP contribution in [-0.2, 0) is 6.61 Å². The lowest BCUT2D eigenvalue weighted by Gasteiger charge is -2.12. The number of nitrogens with zero attached hydrogens (tertiary/aromatic N) is 2. The minimum Gasteiger partial charge on any atom is -0.487 e. The summed E-state index contributed by atoms with van der Waals surface area (Å²) >= 11 is 0. The van der Waals surface area contributed by atoms with Crippen LogP contribution >= 0.6 is 0 Å². The Morgan fingerprint density at radius 2 is 2.00 bits per heavy atom. The summed E-state index contributed by atoms with van der Waals surface area (Å²) in [5.74, 6) is 0.866. The van der Waals surface area contributed by atoms with E-state index in [1.807, 2.05) is 43.8 Å². The average molecular weight is 245 g/mol. The minimum absolute atomic E-state index is 0.401. The molecule has 0 radical (unpaired) electrons. The lowest BCUT2D eigenvalue weighted by atomic mass is 10.3. The summed E-state index contributed by atoms with van der Waals surface area (Å²) in [6.07, 6.45) is 3.69. The van der Waals surface area contributed by atoms with Crippen molar-refractivity contribution < 1.29 is 4.74 Å². The van der Waals surface area contributed by atoms with Crippen LogP contribution in [0.5, 0.6) is 5.75 Å². The molecule has 1 aromatic carbocycles. The Balaban J connectivity index is 2.00. The molecule has 2 rings (SSSR count). The van der Waals surface area contributed by atoms with E-state index in [1.165, 1.54) is 0 Å². The highest BCUT2D eigenvalue weighted by Gasteiger charge is 2.05. The van der Waals surface area contributed by atoms with Crippen LogP contribution < -0.4 is 10.1 Å². The van der Waals surface area contributed by atoms with Crippen LogP contribution in [0.1, 0.15) is 25.6 Å². The zero-order valence-corrected chi connectivity index (χ0v) is 11.1. The van der Waals surface area contributed by atoms with Gasteiger partial charge in [0.1, 0.15) is 12.4 Å². The predicted molar refractivity (Wildman–Crippen MR) is 72.9 cm³/mol. The maximum Gasteiger partial charge on any atom is 0.130 e. The van der Waals surface area contributed by atoms with Gasteiger partial charge in [-0.15, -0.1) is 0 Å². The molecule has 0 aliphatic rings. The number of benzene rings is 1. The quantitative estimate of drug-likeness (QED) is 0.879. The maximum absolute atomic E-state index is 5.75. The van der Waals surface area contributed by atoms with Crippen LogP contribution in [0, 0.1) is 0 Å². The van der Waals surface area contributed by atoms with Crippen LogP contribution in [0.3, 0.4) is 0 Å². The number of ether oxygens (including phenoxy) is 1. The van der Waals surface area contributed by atoms with Gasteiger partial charge in [-0.25, -0.2) is 4.98 Å². The van der Waals surface area contributed by atoms with E-state index in [0.29, 0.717) is 12.6 Å². The smallest absolute Gasteiger partial charge is 0.130 e. The fraction of sp³-hybridized carbons (Fsp3) is 0.357. The molecule has 0 unspecified atom stereocenters. The van der Waals surface area contributed by atoms with Crippen LogP contribution in [0.2, 0.25) is 0 Å². The third-order valence-corrected chi connectivity index (χ3v) is 2.83. The monoisotopic (exact) mass is 245 g/mol. The molecule has 0 aliphatic carbocycles. The highest BCUT2D eigenvalue weighted by Crippen LogP contribution is 2.17. The zero-order valence-electron chi connectivity index (χ0n) is 11.1. The van der Waals surface area contributed by atoms with Crippen molar-refractivity contribution in [2.24, 2.45) is 0 Å². The highest BCUT2D eigenvalue weighted by molar-refractivity contribution is 5.45. The predicted octanol–water partition coefficient (Wildman–Crippen LogP) is 3.08. The molecule has 18 heavy (non-hydrogen) atoms. The Morgan fingerprint density at radius 3 is 2.61 bits per heavy atom. The summed E-state index contributed by atoms with van der Waals surface area (Å²) < 4.78 is 7.87. The van der Waals surface area contributed by atoms with Gasteiger partial charge in [0.2, 0.25) is 0 Å². The van der Waals surface area contributed by atoms with E-state index in [9.17, 15) is 0 Å². The summed E-state index contributed by atoms with van der Waals surface area (Å²) in [4.78, 5) is 4.16. The standard InChI is InChI=1S/C14H19N3O/c1-11(2)17-10-16-8-13(17)9-18-14-6-4-12(15-3)5-7-14/h4-8,10-11,15H,9H2,1-3H3. The molecule has 1 heterocycles. The molecule has 1 N–H and O–H groups in total.